The SMILES string of the molecule is CCCCC1=[C]([Ti]([CH3])([CH3])(=[SiH2])[c]2cccc3c2Cc2ccccc2-3)CC=C1.Cl.Cl. The Hall–Kier alpha value is -0.569. The van der Waals surface area contributed by atoms with Gasteiger partial charge in [0.05, 0.1) is 0 Å². The molecule has 0 heterocycles. The van der Waals surface area contributed by atoms with Crippen molar-refractivity contribution >= 4 is 36.3 Å². The number of fused-ring (bicyclic) bond motifs is 3. The van der Waals surface area contributed by atoms with Crippen molar-refractivity contribution in [3.8, 4) is 11.1 Å². The zero-order valence-corrected chi connectivity index (χ0v) is 21.9. The maximum atomic E-state index is 2.66. The molecule has 0 saturated heterocycles. The molecular formula is C24H32Cl2SiTi. The minimum Gasteiger partial charge on any atom is -0.147 e. The van der Waals surface area contributed by atoms with Crippen LogP contribution < -0.4 is 3.87 Å². The van der Waals surface area contributed by atoms with Crippen LogP contribution in [0, 0.1) is 0 Å². The van der Waals surface area contributed by atoms with Crippen LogP contribution >= 0.6 is 24.8 Å². The Labute approximate surface area is 185 Å². The molecule has 4 heteroatoms. The molecular weight excluding hydrogens is 435 g/mol. The quantitative estimate of drug-likeness (QED) is 0.378. The number of halogens is 2. The molecule has 0 amide bonds. The van der Waals surface area contributed by atoms with E-state index in [1.165, 1.54) is 42.4 Å². The Bertz CT molecular complexity index is 1010. The first-order valence-corrected chi connectivity index (χ1v) is 18.8. The maximum Gasteiger partial charge on any atom is -0.147 e. The molecule has 0 nitrogen and oxygen atoms in total. The first-order valence-electron chi connectivity index (χ1n) is 10.1. The van der Waals surface area contributed by atoms with Gasteiger partial charge in [-0.1, -0.05) is 0 Å². The van der Waals surface area contributed by atoms with E-state index in [1.807, 2.05) is 3.88 Å². The zero-order valence-electron chi connectivity index (χ0n) is 17.3. The predicted octanol–water partition coefficient (Wildman–Crippen LogP) is 6.46. The molecule has 0 atom stereocenters. The molecule has 2 aliphatic carbocycles. The largest absolute Gasteiger partial charge is 0.147 e. The Morgan fingerprint density at radius 2 is 1.68 bits per heavy atom. The fourth-order valence-corrected chi connectivity index (χ4v) is 14.5. The van der Waals surface area contributed by atoms with E-state index in [0.717, 1.165) is 6.42 Å². The fraction of sp³-hybridized carbons (Fsp3) is 0.333. The van der Waals surface area contributed by atoms with Crippen LogP contribution in [0.2, 0.25) is 10.5 Å². The molecule has 0 aromatic heterocycles. The molecule has 0 spiro atoms. The number of unbranched alkanes of at least 4 members (excludes halogenated alkanes) is 1. The maximum absolute atomic E-state index is 2.93. The Kier molecular flexibility index (Phi) is 7.33. The van der Waals surface area contributed by atoms with Crippen LogP contribution in [-0.4, -0.2) is 7.63 Å². The molecule has 0 N–H and O–H groups in total. The molecule has 4 rings (SSSR count). The molecule has 0 bridgehead atoms. The molecule has 28 heavy (non-hydrogen) atoms. The van der Waals surface area contributed by atoms with Crippen LogP contribution in [0.25, 0.3) is 11.1 Å². The smallest absolute Gasteiger partial charge is 0.147 e. The zero-order chi connectivity index (χ0) is 18.4. The van der Waals surface area contributed by atoms with Gasteiger partial charge in [0.2, 0.25) is 0 Å². The van der Waals surface area contributed by atoms with E-state index in [9.17, 15) is 0 Å². The minimum absolute atomic E-state index is 0. The molecule has 2 aliphatic rings. The number of hydrogen-bond donors (Lipinski definition) is 0. The van der Waals surface area contributed by atoms with Gasteiger partial charge in [-0.2, -0.15) is 0 Å². The van der Waals surface area contributed by atoms with E-state index < -0.39 is 14.0 Å². The summed E-state index contributed by atoms with van der Waals surface area (Å²) >= 11 is -2.93. The number of rotatable bonds is 5. The van der Waals surface area contributed by atoms with Crippen LogP contribution in [0.15, 0.2) is 64.1 Å². The van der Waals surface area contributed by atoms with Gasteiger partial charge in [0.1, 0.15) is 0 Å². The monoisotopic (exact) mass is 466 g/mol. The van der Waals surface area contributed by atoms with Crippen LogP contribution in [-0.2, 0) is 20.5 Å². The third-order valence-electron chi connectivity index (χ3n) is 6.51. The topological polar surface area (TPSA) is 0 Å². The third-order valence-corrected chi connectivity index (χ3v) is 17.1. The third kappa shape index (κ3) is 3.89. The molecule has 150 valence electrons. The Morgan fingerprint density at radius 3 is 2.43 bits per heavy atom. The second-order valence-electron chi connectivity index (χ2n) is 9.07. The summed E-state index contributed by atoms with van der Waals surface area (Å²) in [7, 11) is 2.38. The summed E-state index contributed by atoms with van der Waals surface area (Å²) in [5.41, 5.74) is 7.74. The van der Waals surface area contributed by atoms with Crippen molar-refractivity contribution in [3.05, 3.63) is 75.2 Å². The number of allylic oxidation sites excluding steroid dienone is 4. The van der Waals surface area contributed by atoms with Gasteiger partial charge in [0, 0.05) is 0 Å². The van der Waals surface area contributed by atoms with E-state index in [4.69, 9.17) is 0 Å². The van der Waals surface area contributed by atoms with Gasteiger partial charge in [0.15, 0.2) is 0 Å². The number of hydrogen-bond acceptors (Lipinski definition) is 0. The summed E-state index contributed by atoms with van der Waals surface area (Å²) in [6, 6.07) is 16.1. The van der Waals surface area contributed by atoms with E-state index in [0.29, 0.717) is 0 Å². The van der Waals surface area contributed by atoms with Crippen molar-refractivity contribution in [2.24, 2.45) is 0 Å². The second-order valence-corrected chi connectivity index (χ2v) is 28.0. The fourth-order valence-electron chi connectivity index (χ4n) is 5.07. The molecule has 0 radical (unpaired) electrons. The average molecular weight is 467 g/mol. The van der Waals surface area contributed by atoms with Crippen LogP contribution in [0.3, 0.4) is 0 Å². The van der Waals surface area contributed by atoms with Gasteiger partial charge >= 0.3 is 161 Å². The average Bonchev–Trinajstić information content (AvgIpc) is 3.24. The van der Waals surface area contributed by atoms with E-state index in [1.54, 1.807) is 15.0 Å². The van der Waals surface area contributed by atoms with E-state index in [2.05, 4.69) is 79.6 Å². The van der Waals surface area contributed by atoms with Crippen molar-refractivity contribution in [1.82, 2.24) is 0 Å². The first kappa shape index (κ1) is 23.7. The van der Waals surface area contributed by atoms with Crippen LogP contribution in [0.5, 0.6) is 0 Å². The Morgan fingerprint density at radius 1 is 0.964 bits per heavy atom. The summed E-state index contributed by atoms with van der Waals surface area (Å²) < 4.78 is 3.53. The summed E-state index contributed by atoms with van der Waals surface area (Å²) in [6.45, 7) is 2.30. The molecule has 2 aromatic rings. The van der Waals surface area contributed by atoms with E-state index in [-0.39, 0.29) is 24.8 Å². The molecule has 0 fully saturated rings. The normalized spacial score (nSPS) is 15.0. The van der Waals surface area contributed by atoms with Crippen molar-refractivity contribution in [2.45, 2.75) is 49.5 Å². The standard InChI is InChI=1S/C13H9.C9H13.2CH3.2ClH.H2Si.Ti/c1-3-7-12-10(5-1)9-11-6-2-4-8-13(11)12;1-2-3-6-9-7-4-5-8-9;;;;;;/h1-5,7-8H,9H2;4,7H,2-3,5-6H2,1H3;2*1H3;2*1H;1H2;. The molecule has 0 unspecified atom stereocenters. The van der Waals surface area contributed by atoms with Crippen molar-refractivity contribution < 1.29 is 14.0 Å². The van der Waals surface area contributed by atoms with Crippen LogP contribution in [0.4, 0.5) is 0 Å². The summed E-state index contributed by atoms with van der Waals surface area (Å²) in [5.74, 6) is 0. The van der Waals surface area contributed by atoms with Gasteiger partial charge in [-0.05, 0) is 0 Å². The number of benzene rings is 2. The van der Waals surface area contributed by atoms with E-state index >= 15 is 0 Å². The Balaban J connectivity index is 0.00000140. The molecule has 0 aliphatic heterocycles. The summed E-state index contributed by atoms with van der Waals surface area (Å²) in [6.07, 6.45) is 11.0. The van der Waals surface area contributed by atoms with Crippen molar-refractivity contribution in [2.75, 3.05) is 0 Å². The second kappa shape index (κ2) is 8.66. The van der Waals surface area contributed by atoms with Gasteiger partial charge in [0.25, 0.3) is 0 Å². The molecule has 0 saturated carbocycles. The molecule has 2 aromatic carbocycles. The van der Waals surface area contributed by atoms with Gasteiger partial charge < -0.3 is 0 Å². The van der Waals surface area contributed by atoms with Crippen molar-refractivity contribution in [3.63, 3.8) is 0 Å². The first-order chi connectivity index (χ1) is 12.4. The summed E-state index contributed by atoms with van der Waals surface area (Å²) in [5, 5.41) is 5.31. The predicted molar refractivity (Wildman–Crippen MR) is 129 cm³/mol. The van der Waals surface area contributed by atoms with Crippen LogP contribution in [0.1, 0.15) is 43.7 Å². The minimum atomic E-state index is -2.93. The van der Waals surface area contributed by atoms with Crippen molar-refractivity contribution in [1.29, 1.82) is 0 Å². The van der Waals surface area contributed by atoms with Gasteiger partial charge in [-0.15, -0.1) is 24.8 Å². The van der Waals surface area contributed by atoms with Gasteiger partial charge in [-0.25, -0.2) is 0 Å². The summed E-state index contributed by atoms with van der Waals surface area (Å²) in [4.78, 5) is 0. The van der Waals surface area contributed by atoms with Gasteiger partial charge in [-0.3, -0.25) is 0 Å².